The fourth-order valence-corrected chi connectivity index (χ4v) is 4.49. The first-order valence-electron chi connectivity index (χ1n) is 10.4. The molecule has 3 rings (SSSR count). The second-order valence-corrected chi connectivity index (χ2v) is 10.0. The molecular formula is C23H32N4O2S. The lowest BCUT2D eigenvalue weighted by Crippen LogP contribution is -2.45. The van der Waals surface area contributed by atoms with Crippen LogP contribution in [0.4, 0.5) is 0 Å². The highest BCUT2D eigenvalue weighted by Gasteiger charge is 2.29. The van der Waals surface area contributed by atoms with E-state index in [0.717, 1.165) is 44.0 Å². The second kappa shape index (κ2) is 10.1. The molecule has 7 heteroatoms. The first kappa shape index (κ1) is 22.3. The summed E-state index contributed by atoms with van der Waals surface area (Å²) in [5, 5.41) is 6.92. The Morgan fingerprint density at radius 1 is 1.10 bits per heavy atom. The number of aliphatic imine (C=N–C) groups is 1. The number of hydrogen-bond acceptors (Lipinski definition) is 4. The van der Waals surface area contributed by atoms with Crippen LogP contribution in [0.1, 0.15) is 24.5 Å². The van der Waals surface area contributed by atoms with Crippen LogP contribution in [-0.4, -0.2) is 57.8 Å². The van der Waals surface area contributed by atoms with Crippen molar-refractivity contribution in [3.8, 4) is 0 Å². The van der Waals surface area contributed by atoms with Gasteiger partial charge < -0.3 is 10.6 Å². The molecule has 2 aromatic rings. The van der Waals surface area contributed by atoms with Gasteiger partial charge in [-0.05, 0) is 43.0 Å². The van der Waals surface area contributed by atoms with Gasteiger partial charge in [0.05, 0.1) is 4.90 Å². The van der Waals surface area contributed by atoms with Crippen molar-refractivity contribution >= 4 is 15.8 Å². The SMILES string of the molecule is CN=C(NCCc1ccc(S(C)(=O)=O)cc1)NC1CC(C)N(Cc2ccccc2)C1. The van der Waals surface area contributed by atoms with E-state index < -0.39 is 9.84 Å². The highest BCUT2D eigenvalue weighted by molar-refractivity contribution is 7.90. The Labute approximate surface area is 180 Å². The third-order valence-electron chi connectivity index (χ3n) is 5.55. The molecule has 1 saturated heterocycles. The fourth-order valence-electron chi connectivity index (χ4n) is 3.86. The fraction of sp³-hybridized carbons (Fsp3) is 0.435. The highest BCUT2D eigenvalue weighted by Crippen LogP contribution is 2.20. The van der Waals surface area contributed by atoms with E-state index >= 15 is 0 Å². The summed E-state index contributed by atoms with van der Waals surface area (Å²) in [5.74, 6) is 0.807. The highest BCUT2D eigenvalue weighted by atomic mass is 32.2. The summed E-state index contributed by atoms with van der Waals surface area (Å²) >= 11 is 0. The minimum Gasteiger partial charge on any atom is -0.356 e. The van der Waals surface area contributed by atoms with E-state index in [-0.39, 0.29) is 0 Å². The standard InChI is InChI=1S/C23H32N4O2S/c1-18-15-21(17-27(18)16-20-7-5-4-6-8-20)26-23(24-2)25-14-13-19-9-11-22(12-10-19)30(3,28)29/h4-12,18,21H,13-17H2,1-3H3,(H2,24,25,26). The van der Waals surface area contributed by atoms with Crippen molar-refractivity contribution in [2.24, 2.45) is 4.99 Å². The van der Waals surface area contributed by atoms with Gasteiger partial charge in [0.15, 0.2) is 15.8 Å². The van der Waals surface area contributed by atoms with E-state index in [0.29, 0.717) is 17.0 Å². The van der Waals surface area contributed by atoms with Crippen LogP contribution in [0.3, 0.4) is 0 Å². The second-order valence-electron chi connectivity index (χ2n) is 8.01. The Morgan fingerprint density at radius 3 is 2.43 bits per heavy atom. The lowest BCUT2D eigenvalue weighted by Gasteiger charge is -2.21. The number of rotatable bonds is 7. The first-order valence-corrected chi connectivity index (χ1v) is 12.3. The summed E-state index contributed by atoms with van der Waals surface area (Å²) in [6, 6.07) is 18.5. The van der Waals surface area contributed by atoms with Crippen molar-refractivity contribution in [1.82, 2.24) is 15.5 Å². The van der Waals surface area contributed by atoms with Crippen LogP contribution in [0.15, 0.2) is 64.5 Å². The average molecular weight is 429 g/mol. The first-order chi connectivity index (χ1) is 14.3. The zero-order valence-electron chi connectivity index (χ0n) is 18.0. The molecule has 0 saturated carbocycles. The minimum atomic E-state index is -3.15. The molecule has 0 radical (unpaired) electrons. The zero-order chi connectivity index (χ0) is 21.6. The van der Waals surface area contributed by atoms with E-state index in [2.05, 4.69) is 57.8 Å². The average Bonchev–Trinajstić information content (AvgIpc) is 3.06. The molecule has 1 fully saturated rings. The number of hydrogen-bond donors (Lipinski definition) is 2. The third kappa shape index (κ3) is 6.31. The van der Waals surface area contributed by atoms with Crippen LogP contribution in [0.2, 0.25) is 0 Å². The third-order valence-corrected chi connectivity index (χ3v) is 6.68. The monoisotopic (exact) mass is 428 g/mol. The smallest absolute Gasteiger partial charge is 0.191 e. The van der Waals surface area contributed by atoms with Gasteiger partial charge in [0.2, 0.25) is 0 Å². The summed E-state index contributed by atoms with van der Waals surface area (Å²) in [4.78, 5) is 7.22. The Morgan fingerprint density at radius 2 is 1.80 bits per heavy atom. The maximum atomic E-state index is 11.6. The summed E-state index contributed by atoms with van der Waals surface area (Å²) in [5.41, 5.74) is 2.43. The van der Waals surface area contributed by atoms with Crippen molar-refractivity contribution in [1.29, 1.82) is 0 Å². The van der Waals surface area contributed by atoms with E-state index in [4.69, 9.17) is 0 Å². The molecule has 1 aliphatic rings. The van der Waals surface area contributed by atoms with Crippen LogP contribution < -0.4 is 10.6 Å². The summed E-state index contributed by atoms with van der Waals surface area (Å²) < 4.78 is 23.1. The number of likely N-dealkylation sites (tertiary alicyclic amines) is 1. The van der Waals surface area contributed by atoms with Crippen LogP contribution in [0, 0.1) is 0 Å². The van der Waals surface area contributed by atoms with Crippen LogP contribution in [-0.2, 0) is 22.8 Å². The number of sulfone groups is 1. The quantitative estimate of drug-likeness (QED) is 0.524. The maximum Gasteiger partial charge on any atom is 0.191 e. The summed E-state index contributed by atoms with van der Waals surface area (Å²) in [7, 11) is -1.36. The molecule has 0 aliphatic carbocycles. The number of guanidine groups is 1. The predicted molar refractivity (Wildman–Crippen MR) is 122 cm³/mol. The Hall–Kier alpha value is -2.38. The van der Waals surface area contributed by atoms with Crippen molar-refractivity contribution < 1.29 is 8.42 Å². The Bertz CT molecular complexity index is 943. The van der Waals surface area contributed by atoms with Gasteiger partial charge in [-0.25, -0.2) is 8.42 Å². The molecule has 6 nitrogen and oxygen atoms in total. The van der Waals surface area contributed by atoms with E-state index in [1.807, 2.05) is 12.1 Å². The maximum absolute atomic E-state index is 11.6. The molecule has 1 heterocycles. The van der Waals surface area contributed by atoms with E-state index in [9.17, 15) is 8.42 Å². The lowest BCUT2D eigenvalue weighted by molar-refractivity contribution is 0.258. The molecule has 2 unspecified atom stereocenters. The summed E-state index contributed by atoms with van der Waals surface area (Å²) in [6.45, 7) is 4.97. The molecule has 162 valence electrons. The van der Waals surface area contributed by atoms with Crippen molar-refractivity contribution in [2.45, 2.75) is 43.3 Å². The molecule has 0 aromatic heterocycles. The van der Waals surface area contributed by atoms with Crippen molar-refractivity contribution in [2.75, 3.05) is 26.4 Å². The van der Waals surface area contributed by atoms with Gasteiger partial charge in [-0.2, -0.15) is 0 Å². The van der Waals surface area contributed by atoms with Gasteiger partial charge >= 0.3 is 0 Å². The van der Waals surface area contributed by atoms with E-state index in [1.54, 1.807) is 19.2 Å². The number of nitrogens with zero attached hydrogens (tertiary/aromatic N) is 2. The molecule has 30 heavy (non-hydrogen) atoms. The lowest BCUT2D eigenvalue weighted by atomic mass is 10.1. The zero-order valence-corrected chi connectivity index (χ0v) is 18.8. The minimum absolute atomic E-state index is 0.354. The molecule has 0 bridgehead atoms. The van der Waals surface area contributed by atoms with Crippen LogP contribution in [0.25, 0.3) is 0 Å². The molecular weight excluding hydrogens is 396 g/mol. The molecule has 2 aromatic carbocycles. The molecule has 0 amide bonds. The van der Waals surface area contributed by atoms with Gasteiger partial charge in [-0.15, -0.1) is 0 Å². The van der Waals surface area contributed by atoms with Crippen molar-refractivity contribution in [3.63, 3.8) is 0 Å². The van der Waals surface area contributed by atoms with Crippen LogP contribution in [0.5, 0.6) is 0 Å². The molecule has 2 N–H and O–H groups in total. The number of benzene rings is 2. The van der Waals surface area contributed by atoms with Crippen molar-refractivity contribution in [3.05, 3.63) is 65.7 Å². The molecule has 1 aliphatic heterocycles. The Balaban J connectivity index is 1.45. The predicted octanol–water partition coefficient (Wildman–Crippen LogP) is 2.46. The van der Waals surface area contributed by atoms with Gasteiger partial charge in [-0.1, -0.05) is 42.5 Å². The van der Waals surface area contributed by atoms with E-state index in [1.165, 1.54) is 11.8 Å². The van der Waals surface area contributed by atoms with Crippen LogP contribution >= 0.6 is 0 Å². The molecule has 0 spiro atoms. The van der Waals surface area contributed by atoms with Gasteiger partial charge in [0.1, 0.15) is 0 Å². The Kier molecular flexibility index (Phi) is 7.50. The largest absolute Gasteiger partial charge is 0.356 e. The number of nitrogens with one attached hydrogen (secondary N) is 2. The normalized spacial score (nSPS) is 20.3. The van der Waals surface area contributed by atoms with Gasteiger partial charge in [0, 0.05) is 45.0 Å². The topological polar surface area (TPSA) is 73.8 Å². The summed E-state index contributed by atoms with van der Waals surface area (Å²) in [6.07, 6.45) is 3.11. The van der Waals surface area contributed by atoms with Gasteiger partial charge in [-0.3, -0.25) is 9.89 Å². The molecule has 2 atom stereocenters. The van der Waals surface area contributed by atoms with Gasteiger partial charge in [0.25, 0.3) is 0 Å².